The molecule has 0 aliphatic rings. The maximum absolute atomic E-state index is 9.32. The summed E-state index contributed by atoms with van der Waals surface area (Å²) in [5.74, 6) is 0.789. The van der Waals surface area contributed by atoms with Crippen LogP contribution < -0.4 is 4.74 Å². The number of hydrogen-bond donors (Lipinski definition) is 1. The normalized spacial score (nSPS) is 10.3. The number of methoxy groups -OCH3 is 1. The molecule has 0 aliphatic carbocycles. The second kappa shape index (κ2) is 4.51. The molecule has 0 amide bonds. The molecule has 0 bridgehead atoms. The van der Waals surface area contributed by atoms with Gasteiger partial charge in [-0.1, -0.05) is 24.3 Å². The molecule has 0 radical (unpaired) electrons. The maximum Gasteiger partial charge on any atom is 0.136 e. The molecule has 19 heavy (non-hydrogen) atoms. The van der Waals surface area contributed by atoms with E-state index < -0.39 is 0 Å². The summed E-state index contributed by atoms with van der Waals surface area (Å²) in [5, 5.41) is 11.2. The van der Waals surface area contributed by atoms with Crippen LogP contribution in [0.4, 0.5) is 0 Å². The number of ether oxygens (including phenoxy) is 1. The van der Waals surface area contributed by atoms with Crippen molar-refractivity contribution in [3.8, 4) is 23.1 Å². The van der Waals surface area contributed by atoms with Crippen LogP contribution >= 0.6 is 0 Å². The number of benzene rings is 2. The van der Waals surface area contributed by atoms with E-state index in [1.807, 2.05) is 48.7 Å². The number of nitrogens with one attached hydrogen (secondary N) is 1. The molecule has 3 rings (SSSR count). The molecular weight excluding hydrogens is 236 g/mol. The van der Waals surface area contributed by atoms with E-state index in [0.717, 1.165) is 27.8 Å². The molecule has 0 fully saturated rings. The third-order valence-corrected chi connectivity index (χ3v) is 3.21. The lowest BCUT2D eigenvalue weighted by Crippen LogP contribution is -1.92. The first-order valence-electron chi connectivity index (χ1n) is 5.98. The van der Waals surface area contributed by atoms with Crippen molar-refractivity contribution in [2.75, 3.05) is 7.11 Å². The quantitative estimate of drug-likeness (QED) is 0.751. The van der Waals surface area contributed by atoms with Gasteiger partial charge in [0.05, 0.1) is 18.7 Å². The topological polar surface area (TPSA) is 48.8 Å². The number of H-pyrrole nitrogens is 1. The van der Waals surface area contributed by atoms with Gasteiger partial charge >= 0.3 is 0 Å². The van der Waals surface area contributed by atoms with E-state index in [1.54, 1.807) is 7.11 Å². The Hall–Kier alpha value is -2.73. The van der Waals surface area contributed by atoms with Crippen LogP contribution in [0.25, 0.3) is 22.0 Å². The zero-order valence-corrected chi connectivity index (χ0v) is 10.5. The number of nitriles is 1. The Bertz CT molecular complexity index is 767. The van der Waals surface area contributed by atoms with Crippen molar-refractivity contribution in [1.82, 2.24) is 4.98 Å². The van der Waals surface area contributed by atoms with Gasteiger partial charge in [0, 0.05) is 28.2 Å². The summed E-state index contributed by atoms with van der Waals surface area (Å²) in [5.41, 5.74) is 2.50. The van der Waals surface area contributed by atoms with Gasteiger partial charge in [-0.25, -0.2) is 0 Å². The fourth-order valence-corrected chi connectivity index (χ4v) is 2.36. The number of hydrogen-bond acceptors (Lipinski definition) is 2. The minimum absolute atomic E-state index is 0.654. The van der Waals surface area contributed by atoms with Crippen molar-refractivity contribution in [1.29, 1.82) is 5.26 Å². The Balaban J connectivity index is 2.43. The van der Waals surface area contributed by atoms with Gasteiger partial charge in [0.2, 0.25) is 0 Å². The highest BCUT2D eigenvalue weighted by Gasteiger charge is 2.14. The van der Waals surface area contributed by atoms with Gasteiger partial charge in [-0.2, -0.15) is 5.26 Å². The molecule has 1 aromatic heterocycles. The van der Waals surface area contributed by atoms with Crippen molar-refractivity contribution >= 4 is 10.8 Å². The largest absolute Gasteiger partial charge is 0.495 e. The van der Waals surface area contributed by atoms with E-state index in [0.29, 0.717) is 5.56 Å². The van der Waals surface area contributed by atoms with E-state index in [2.05, 4.69) is 11.1 Å². The number of aromatic amines is 1. The van der Waals surface area contributed by atoms with Gasteiger partial charge in [0.1, 0.15) is 5.75 Å². The van der Waals surface area contributed by atoms with Crippen LogP contribution in [0.5, 0.6) is 5.75 Å². The fraction of sp³-hybridized carbons (Fsp3) is 0.0625. The highest BCUT2D eigenvalue weighted by atomic mass is 16.5. The van der Waals surface area contributed by atoms with E-state index in [-0.39, 0.29) is 0 Å². The van der Waals surface area contributed by atoms with E-state index in [1.165, 1.54) is 0 Å². The number of fused-ring (bicyclic) bond motifs is 1. The molecule has 0 aliphatic heterocycles. The standard InChI is InChI=1S/C16H12N2O/c1-19-16-13-6-3-2-5-12(13)11(10-17)9-14(16)15-7-4-8-18-15/h2-9,18H,1H3. The summed E-state index contributed by atoms with van der Waals surface area (Å²) in [6.07, 6.45) is 1.86. The fourth-order valence-electron chi connectivity index (χ4n) is 2.36. The summed E-state index contributed by atoms with van der Waals surface area (Å²) >= 11 is 0. The Kier molecular flexibility index (Phi) is 2.70. The number of aromatic nitrogens is 1. The van der Waals surface area contributed by atoms with Crippen LogP contribution in [-0.2, 0) is 0 Å². The number of nitrogens with zero attached hydrogens (tertiary/aromatic N) is 1. The lowest BCUT2D eigenvalue weighted by atomic mass is 9.98. The molecule has 3 heteroatoms. The highest BCUT2D eigenvalue weighted by Crippen LogP contribution is 2.37. The van der Waals surface area contributed by atoms with Crippen molar-refractivity contribution in [3.05, 3.63) is 54.2 Å². The van der Waals surface area contributed by atoms with Crippen LogP contribution in [0.2, 0.25) is 0 Å². The molecule has 1 heterocycles. The molecule has 0 atom stereocenters. The average molecular weight is 248 g/mol. The summed E-state index contributed by atoms with van der Waals surface area (Å²) in [6, 6.07) is 15.8. The van der Waals surface area contributed by atoms with Crippen molar-refractivity contribution in [2.24, 2.45) is 0 Å². The first-order chi connectivity index (χ1) is 9.35. The monoisotopic (exact) mass is 248 g/mol. The minimum Gasteiger partial charge on any atom is -0.495 e. The summed E-state index contributed by atoms with van der Waals surface area (Å²) < 4.78 is 5.55. The SMILES string of the molecule is COc1c(-c2ccc[nH]2)cc(C#N)c2ccccc12. The second-order valence-corrected chi connectivity index (χ2v) is 4.25. The van der Waals surface area contributed by atoms with Gasteiger partial charge in [0.25, 0.3) is 0 Å². The van der Waals surface area contributed by atoms with Crippen LogP contribution in [0.1, 0.15) is 5.56 Å². The molecule has 3 aromatic rings. The van der Waals surface area contributed by atoms with E-state index >= 15 is 0 Å². The molecule has 0 unspecified atom stereocenters. The minimum atomic E-state index is 0.654. The molecule has 0 saturated heterocycles. The first kappa shape index (κ1) is 11.4. The van der Waals surface area contributed by atoms with Gasteiger partial charge in [-0.15, -0.1) is 0 Å². The van der Waals surface area contributed by atoms with Crippen LogP contribution in [0, 0.1) is 11.3 Å². The van der Waals surface area contributed by atoms with Crippen LogP contribution in [0.3, 0.4) is 0 Å². The van der Waals surface area contributed by atoms with Crippen molar-refractivity contribution < 1.29 is 4.74 Å². The molecular formula is C16H12N2O. The van der Waals surface area contributed by atoms with Gasteiger partial charge in [0.15, 0.2) is 0 Å². The Morgan fingerprint density at radius 2 is 1.89 bits per heavy atom. The van der Waals surface area contributed by atoms with Gasteiger partial charge in [-0.3, -0.25) is 0 Å². The lowest BCUT2D eigenvalue weighted by Gasteiger charge is -2.12. The molecule has 3 nitrogen and oxygen atoms in total. The molecule has 92 valence electrons. The molecule has 1 N–H and O–H groups in total. The number of rotatable bonds is 2. The lowest BCUT2D eigenvalue weighted by molar-refractivity contribution is 0.421. The van der Waals surface area contributed by atoms with Gasteiger partial charge < -0.3 is 9.72 Å². The third kappa shape index (κ3) is 1.74. The average Bonchev–Trinajstić information content (AvgIpc) is 2.99. The van der Waals surface area contributed by atoms with Crippen LogP contribution in [0.15, 0.2) is 48.7 Å². The maximum atomic E-state index is 9.32. The molecule has 2 aromatic carbocycles. The Labute approximate surface area is 111 Å². The van der Waals surface area contributed by atoms with Crippen molar-refractivity contribution in [3.63, 3.8) is 0 Å². The Morgan fingerprint density at radius 1 is 1.11 bits per heavy atom. The summed E-state index contributed by atoms with van der Waals surface area (Å²) in [6.45, 7) is 0. The molecule has 0 spiro atoms. The van der Waals surface area contributed by atoms with Gasteiger partial charge in [-0.05, 0) is 18.2 Å². The first-order valence-corrected chi connectivity index (χ1v) is 5.98. The highest BCUT2D eigenvalue weighted by molar-refractivity contribution is 5.98. The smallest absolute Gasteiger partial charge is 0.136 e. The summed E-state index contributed by atoms with van der Waals surface area (Å²) in [7, 11) is 1.65. The van der Waals surface area contributed by atoms with E-state index in [4.69, 9.17) is 4.74 Å². The summed E-state index contributed by atoms with van der Waals surface area (Å²) in [4.78, 5) is 3.15. The second-order valence-electron chi connectivity index (χ2n) is 4.25. The van der Waals surface area contributed by atoms with Crippen LogP contribution in [-0.4, -0.2) is 12.1 Å². The van der Waals surface area contributed by atoms with E-state index in [9.17, 15) is 5.26 Å². The third-order valence-electron chi connectivity index (χ3n) is 3.21. The zero-order valence-electron chi connectivity index (χ0n) is 10.5. The predicted molar refractivity (Wildman–Crippen MR) is 75.0 cm³/mol. The Morgan fingerprint density at radius 3 is 2.53 bits per heavy atom. The predicted octanol–water partition coefficient (Wildman–Crippen LogP) is 3.72. The molecule has 0 saturated carbocycles. The van der Waals surface area contributed by atoms with Crippen molar-refractivity contribution in [2.45, 2.75) is 0 Å². The zero-order chi connectivity index (χ0) is 13.2.